The van der Waals surface area contributed by atoms with Gasteiger partial charge < -0.3 is 24.1 Å². The van der Waals surface area contributed by atoms with Crippen LogP contribution in [0.15, 0.2) is 30.3 Å². The summed E-state index contributed by atoms with van der Waals surface area (Å²) in [6.45, 7) is 3.09. The van der Waals surface area contributed by atoms with Crippen LogP contribution in [0.2, 0.25) is 0 Å². The first-order valence-corrected chi connectivity index (χ1v) is 7.86. The topological polar surface area (TPSA) is 74.2 Å². The summed E-state index contributed by atoms with van der Waals surface area (Å²) in [5, 5.41) is 8.50. The van der Waals surface area contributed by atoms with Crippen LogP contribution in [0.5, 0.6) is 0 Å². The maximum Gasteiger partial charge on any atom is 0.306 e. The van der Waals surface area contributed by atoms with Gasteiger partial charge in [-0.1, -0.05) is 30.3 Å². The van der Waals surface area contributed by atoms with Gasteiger partial charge in [-0.25, -0.2) is 0 Å². The molecule has 0 saturated heterocycles. The smallest absolute Gasteiger partial charge is 0.306 e. The van der Waals surface area contributed by atoms with Crippen molar-refractivity contribution in [2.75, 3.05) is 46.2 Å². The van der Waals surface area contributed by atoms with Gasteiger partial charge in [-0.3, -0.25) is 4.79 Å². The van der Waals surface area contributed by atoms with Crippen molar-refractivity contribution in [3.8, 4) is 0 Å². The zero-order chi connectivity index (χ0) is 16.6. The molecule has 6 heteroatoms. The van der Waals surface area contributed by atoms with Crippen LogP contribution >= 0.6 is 0 Å². The molecule has 0 radical (unpaired) electrons. The molecular weight excluding hydrogens is 300 g/mol. The molecule has 0 atom stereocenters. The first kappa shape index (κ1) is 19.6. The molecule has 23 heavy (non-hydrogen) atoms. The van der Waals surface area contributed by atoms with E-state index in [0.29, 0.717) is 59.1 Å². The lowest BCUT2D eigenvalue weighted by Gasteiger charge is -2.07. The average Bonchev–Trinajstić information content (AvgIpc) is 2.59. The van der Waals surface area contributed by atoms with Crippen LogP contribution in [-0.2, 0) is 30.3 Å². The Balaban J connectivity index is 1.84. The maximum atomic E-state index is 11.5. The molecule has 0 unspecified atom stereocenters. The van der Waals surface area contributed by atoms with Crippen LogP contribution in [0.3, 0.4) is 0 Å². The summed E-state index contributed by atoms with van der Waals surface area (Å²) in [6.07, 6.45) is 0.982. The van der Waals surface area contributed by atoms with Crippen molar-refractivity contribution in [3.05, 3.63) is 35.9 Å². The van der Waals surface area contributed by atoms with Crippen molar-refractivity contribution in [1.82, 2.24) is 0 Å². The first-order chi connectivity index (χ1) is 11.3. The minimum Gasteiger partial charge on any atom is -0.461 e. The first-order valence-electron chi connectivity index (χ1n) is 7.86. The van der Waals surface area contributed by atoms with Crippen molar-refractivity contribution in [2.45, 2.75) is 19.4 Å². The van der Waals surface area contributed by atoms with Crippen LogP contribution in [0.25, 0.3) is 0 Å². The van der Waals surface area contributed by atoms with Gasteiger partial charge in [-0.2, -0.15) is 0 Å². The number of hydrogen-bond acceptors (Lipinski definition) is 6. The molecule has 1 aromatic carbocycles. The second-order valence-corrected chi connectivity index (χ2v) is 4.81. The molecule has 0 aromatic heterocycles. The lowest BCUT2D eigenvalue weighted by Crippen LogP contribution is -2.11. The molecule has 0 amide bonds. The fraction of sp³-hybridized carbons (Fsp3) is 0.588. The number of hydrogen-bond donors (Lipinski definition) is 1. The van der Waals surface area contributed by atoms with Gasteiger partial charge in [0.25, 0.3) is 0 Å². The summed E-state index contributed by atoms with van der Waals surface area (Å²) in [5.74, 6) is -0.213. The molecule has 130 valence electrons. The van der Waals surface area contributed by atoms with E-state index >= 15 is 0 Å². The molecule has 0 aliphatic rings. The minimum absolute atomic E-state index is 0.0247. The van der Waals surface area contributed by atoms with E-state index in [2.05, 4.69) is 0 Å². The van der Waals surface area contributed by atoms with E-state index in [-0.39, 0.29) is 12.6 Å². The van der Waals surface area contributed by atoms with Gasteiger partial charge in [0.1, 0.15) is 6.61 Å². The Hall–Kier alpha value is -1.47. The largest absolute Gasteiger partial charge is 0.461 e. The van der Waals surface area contributed by atoms with Crippen molar-refractivity contribution >= 4 is 5.97 Å². The number of aliphatic hydroxyl groups is 1. The molecule has 6 nitrogen and oxygen atoms in total. The van der Waals surface area contributed by atoms with Crippen molar-refractivity contribution in [2.24, 2.45) is 0 Å². The zero-order valence-electron chi connectivity index (χ0n) is 13.4. The SMILES string of the molecule is O=C(CCCOCCOCCOCCO)OCc1ccccc1. The molecule has 0 bridgehead atoms. The number of aliphatic hydroxyl groups excluding tert-OH is 1. The lowest BCUT2D eigenvalue weighted by molar-refractivity contribution is -0.145. The van der Waals surface area contributed by atoms with Gasteiger partial charge in [-0.05, 0) is 12.0 Å². The molecule has 0 aliphatic carbocycles. The third-order valence-electron chi connectivity index (χ3n) is 2.89. The summed E-state index contributed by atoms with van der Waals surface area (Å²) in [5.41, 5.74) is 0.984. The summed E-state index contributed by atoms with van der Waals surface area (Å²) in [6, 6.07) is 9.60. The molecule has 0 fully saturated rings. The Morgan fingerprint density at radius 2 is 1.48 bits per heavy atom. The van der Waals surface area contributed by atoms with Crippen molar-refractivity contribution < 1.29 is 28.8 Å². The predicted molar refractivity (Wildman–Crippen MR) is 85.0 cm³/mol. The lowest BCUT2D eigenvalue weighted by atomic mass is 10.2. The third kappa shape index (κ3) is 11.7. The fourth-order valence-electron chi connectivity index (χ4n) is 1.74. The number of benzene rings is 1. The second-order valence-electron chi connectivity index (χ2n) is 4.81. The predicted octanol–water partition coefficient (Wildman–Crippen LogP) is 1.55. The molecule has 0 spiro atoms. The normalized spacial score (nSPS) is 10.7. The van der Waals surface area contributed by atoms with Gasteiger partial charge in [0, 0.05) is 13.0 Å². The van der Waals surface area contributed by atoms with E-state index in [9.17, 15) is 4.79 Å². The number of rotatable bonds is 14. The zero-order valence-corrected chi connectivity index (χ0v) is 13.4. The van der Waals surface area contributed by atoms with E-state index in [1.165, 1.54) is 0 Å². The Kier molecular flexibility index (Phi) is 12.0. The second kappa shape index (κ2) is 14.1. The fourth-order valence-corrected chi connectivity index (χ4v) is 1.74. The van der Waals surface area contributed by atoms with E-state index in [0.717, 1.165) is 5.56 Å². The van der Waals surface area contributed by atoms with Crippen LogP contribution in [-0.4, -0.2) is 57.3 Å². The maximum absolute atomic E-state index is 11.5. The van der Waals surface area contributed by atoms with Crippen LogP contribution in [0.1, 0.15) is 18.4 Å². The van der Waals surface area contributed by atoms with E-state index < -0.39 is 0 Å². The molecule has 0 aliphatic heterocycles. The number of carbonyl (C=O) groups excluding carboxylic acids is 1. The van der Waals surface area contributed by atoms with Crippen molar-refractivity contribution in [3.63, 3.8) is 0 Å². The Bertz CT molecular complexity index is 395. The van der Waals surface area contributed by atoms with E-state index in [1.54, 1.807) is 0 Å². The van der Waals surface area contributed by atoms with Gasteiger partial charge in [0.2, 0.25) is 0 Å². The third-order valence-corrected chi connectivity index (χ3v) is 2.89. The van der Waals surface area contributed by atoms with E-state index in [4.69, 9.17) is 24.1 Å². The van der Waals surface area contributed by atoms with Crippen LogP contribution in [0, 0.1) is 0 Å². The highest BCUT2D eigenvalue weighted by Crippen LogP contribution is 2.02. The molecule has 1 aromatic rings. The Morgan fingerprint density at radius 3 is 2.13 bits per heavy atom. The molecule has 0 heterocycles. The number of carbonyl (C=O) groups is 1. The van der Waals surface area contributed by atoms with Gasteiger partial charge >= 0.3 is 5.97 Å². The quantitative estimate of drug-likeness (QED) is 0.413. The Morgan fingerprint density at radius 1 is 0.870 bits per heavy atom. The van der Waals surface area contributed by atoms with Crippen LogP contribution in [0.4, 0.5) is 0 Å². The molecule has 1 rings (SSSR count). The molecule has 1 N–H and O–H groups in total. The summed E-state index contributed by atoms with van der Waals surface area (Å²) >= 11 is 0. The van der Waals surface area contributed by atoms with Crippen molar-refractivity contribution in [1.29, 1.82) is 0 Å². The number of esters is 1. The van der Waals surface area contributed by atoms with Gasteiger partial charge in [0.15, 0.2) is 0 Å². The number of ether oxygens (including phenoxy) is 4. The van der Waals surface area contributed by atoms with E-state index in [1.807, 2.05) is 30.3 Å². The Labute approximate surface area is 137 Å². The summed E-state index contributed by atoms with van der Waals surface area (Å²) < 4.78 is 20.8. The average molecular weight is 326 g/mol. The van der Waals surface area contributed by atoms with Gasteiger partial charge in [0.05, 0.1) is 39.6 Å². The standard InChI is InChI=1S/C17H26O6/c18-8-10-21-12-14-22-13-11-20-9-4-7-17(19)23-15-16-5-2-1-3-6-16/h1-3,5-6,18H,4,7-15H2. The molecule has 0 saturated carbocycles. The molecular formula is C17H26O6. The summed E-state index contributed by atoms with van der Waals surface area (Å²) in [4.78, 5) is 11.5. The minimum atomic E-state index is -0.213. The monoisotopic (exact) mass is 326 g/mol. The van der Waals surface area contributed by atoms with Gasteiger partial charge in [-0.15, -0.1) is 0 Å². The van der Waals surface area contributed by atoms with Crippen LogP contribution < -0.4 is 0 Å². The highest BCUT2D eigenvalue weighted by Gasteiger charge is 2.03. The highest BCUT2D eigenvalue weighted by atomic mass is 16.5. The highest BCUT2D eigenvalue weighted by molar-refractivity contribution is 5.69. The summed E-state index contributed by atoms with van der Waals surface area (Å²) in [7, 11) is 0.